The van der Waals surface area contributed by atoms with Gasteiger partial charge in [-0.1, -0.05) is 0 Å². The number of anilines is 2. The summed E-state index contributed by atoms with van der Waals surface area (Å²) in [5.41, 5.74) is 6.36. The van der Waals surface area contributed by atoms with E-state index in [0.717, 1.165) is 5.69 Å². The molecule has 1 aromatic heterocycles. The van der Waals surface area contributed by atoms with Gasteiger partial charge in [0.15, 0.2) is 0 Å². The maximum Gasteiger partial charge on any atom is 0.234 e. The SMILES string of the molecule is Cc1cc(N)nc(N2CC(S)CC2=O)n1. The van der Waals surface area contributed by atoms with E-state index in [9.17, 15) is 4.79 Å². The Bertz CT molecular complexity index is 389. The molecule has 1 aliphatic heterocycles. The second kappa shape index (κ2) is 3.69. The molecule has 1 fully saturated rings. The molecule has 2 heterocycles. The van der Waals surface area contributed by atoms with Gasteiger partial charge in [0, 0.05) is 30.0 Å². The number of amides is 1. The number of thiol groups is 1. The number of nitrogens with two attached hydrogens (primary N) is 1. The third-order valence-electron chi connectivity index (χ3n) is 2.21. The molecule has 0 radical (unpaired) electrons. The molecule has 1 aromatic rings. The minimum atomic E-state index is 0.000000000000000222. The smallest absolute Gasteiger partial charge is 0.234 e. The molecule has 2 rings (SSSR count). The molecule has 0 bridgehead atoms. The van der Waals surface area contributed by atoms with Crippen molar-refractivity contribution >= 4 is 30.3 Å². The number of hydrogen-bond acceptors (Lipinski definition) is 5. The molecule has 0 spiro atoms. The summed E-state index contributed by atoms with van der Waals surface area (Å²) in [6.45, 7) is 2.37. The van der Waals surface area contributed by atoms with Crippen molar-refractivity contribution < 1.29 is 4.79 Å². The number of carbonyl (C=O) groups excluding carboxylic acids is 1. The highest BCUT2D eigenvalue weighted by Gasteiger charge is 2.30. The van der Waals surface area contributed by atoms with E-state index in [1.807, 2.05) is 6.92 Å². The number of aryl methyl sites for hydroxylation is 1. The van der Waals surface area contributed by atoms with E-state index in [0.29, 0.717) is 24.7 Å². The molecular weight excluding hydrogens is 212 g/mol. The van der Waals surface area contributed by atoms with E-state index in [1.165, 1.54) is 4.90 Å². The predicted octanol–water partition coefficient (Wildman–Crippen LogP) is 0.402. The molecule has 0 saturated carbocycles. The van der Waals surface area contributed by atoms with Crippen LogP contribution in [0.2, 0.25) is 0 Å². The van der Waals surface area contributed by atoms with Crippen LogP contribution in [0.4, 0.5) is 11.8 Å². The fourth-order valence-electron chi connectivity index (χ4n) is 1.58. The molecule has 1 unspecified atom stereocenters. The van der Waals surface area contributed by atoms with Crippen LogP contribution in [-0.4, -0.2) is 27.7 Å². The third-order valence-corrected chi connectivity index (χ3v) is 2.55. The highest BCUT2D eigenvalue weighted by Crippen LogP contribution is 2.21. The van der Waals surface area contributed by atoms with Gasteiger partial charge in [0.2, 0.25) is 11.9 Å². The van der Waals surface area contributed by atoms with E-state index in [-0.39, 0.29) is 11.2 Å². The summed E-state index contributed by atoms with van der Waals surface area (Å²) >= 11 is 4.26. The first-order valence-electron chi connectivity index (χ1n) is 4.66. The number of nitrogens with zero attached hydrogens (tertiary/aromatic N) is 3. The molecule has 0 aromatic carbocycles. The molecule has 6 heteroatoms. The molecule has 1 amide bonds. The number of carbonyl (C=O) groups is 1. The van der Waals surface area contributed by atoms with Crippen molar-refractivity contribution in [2.24, 2.45) is 0 Å². The summed E-state index contributed by atoms with van der Waals surface area (Å²) < 4.78 is 0. The zero-order valence-electron chi connectivity index (χ0n) is 8.34. The number of hydrogen-bond donors (Lipinski definition) is 2. The van der Waals surface area contributed by atoms with Gasteiger partial charge in [0.25, 0.3) is 0 Å². The largest absolute Gasteiger partial charge is 0.384 e. The Balaban J connectivity index is 2.33. The highest BCUT2D eigenvalue weighted by atomic mass is 32.1. The monoisotopic (exact) mass is 224 g/mol. The molecule has 15 heavy (non-hydrogen) atoms. The van der Waals surface area contributed by atoms with Gasteiger partial charge in [-0.05, 0) is 6.92 Å². The fraction of sp³-hybridized carbons (Fsp3) is 0.444. The molecular formula is C9H12N4OS. The molecule has 80 valence electrons. The van der Waals surface area contributed by atoms with Gasteiger partial charge in [-0.3, -0.25) is 9.69 Å². The van der Waals surface area contributed by atoms with Gasteiger partial charge in [-0.15, -0.1) is 0 Å². The van der Waals surface area contributed by atoms with Crippen LogP contribution >= 0.6 is 12.6 Å². The van der Waals surface area contributed by atoms with Crippen molar-refractivity contribution in [3.63, 3.8) is 0 Å². The van der Waals surface area contributed by atoms with Gasteiger partial charge in [0.1, 0.15) is 5.82 Å². The minimum Gasteiger partial charge on any atom is -0.384 e. The summed E-state index contributed by atoms with van der Waals surface area (Å²) in [6.07, 6.45) is 0.431. The van der Waals surface area contributed by atoms with Crippen molar-refractivity contribution in [1.29, 1.82) is 0 Å². The number of rotatable bonds is 1. The Morgan fingerprint density at radius 2 is 2.33 bits per heavy atom. The first kappa shape index (κ1) is 10.2. The van der Waals surface area contributed by atoms with Gasteiger partial charge < -0.3 is 5.73 Å². The second-order valence-corrected chi connectivity index (χ2v) is 4.33. The van der Waals surface area contributed by atoms with E-state index >= 15 is 0 Å². The van der Waals surface area contributed by atoms with Gasteiger partial charge in [-0.2, -0.15) is 17.6 Å². The molecule has 2 N–H and O–H groups in total. The highest BCUT2D eigenvalue weighted by molar-refractivity contribution is 7.81. The van der Waals surface area contributed by atoms with Gasteiger partial charge in [0.05, 0.1) is 0 Å². The molecule has 1 aliphatic rings. The van der Waals surface area contributed by atoms with E-state index in [4.69, 9.17) is 5.73 Å². The van der Waals surface area contributed by atoms with Crippen LogP contribution in [0.1, 0.15) is 12.1 Å². The Hall–Kier alpha value is -1.30. The van der Waals surface area contributed by atoms with Crippen molar-refractivity contribution in [2.75, 3.05) is 17.2 Å². The average molecular weight is 224 g/mol. The first-order valence-corrected chi connectivity index (χ1v) is 5.17. The molecule has 1 saturated heterocycles. The van der Waals surface area contributed by atoms with Gasteiger partial charge in [-0.25, -0.2) is 4.98 Å². The Kier molecular flexibility index (Phi) is 2.52. The van der Waals surface area contributed by atoms with E-state index < -0.39 is 0 Å². The van der Waals surface area contributed by atoms with Crippen LogP contribution in [0, 0.1) is 6.92 Å². The molecule has 0 aliphatic carbocycles. The Morgan fingerprint density at radius 1 is 1.60 bits per heavy atom. The second-order valence-electron chi connectivity index (χ2n) is 3.60. The van der Waals surface area contributed by atoms with Crippen molar-refractivity contribution in [3.05, 3.63) is 11.8 Å². The number of nitrogen functional groups attached to an aromatic ring is 1. The number of aromatic nitrogens is 2. The minimum absolute atomic E-state index is 0.000000000000000222. The topological polar surface area (TPSA) is 72.1 Å². The van der Waals surface area contributed by atoms with Crippen molar-refractivity contribution in [1.82, 2.24) is 9.97 Å². The fourth-order valence-corrected chi connectivity index (χ4v) is 1.90. The maximum atomic E-state index is 11.6. The normalized spacial score (nSPS) is 21.1. The summed E-state index contributed by atoms with van der Waals surface area (Å²) in [4.78, 5) is 21.3. The zero-order chi connectivity index (χ0) is 11.0. The summed E-state index contributed by atoms with van der Waals surface area (Å²) in [7, 11) is 0. The Labute approximate surface area is 93.1 Å². The predicted molar refractivity (Wildman–Crippen MR) is 60.9 cm³/mol. The summed E-state index contributed by atoms with van der Waals surface area (Å²) in [6, 6.07) is 1.67. The zero-order valence-corrected chi connectivity index (χ0v) is 9.24. The lowest BCUT2D eigenvalue weighted by atomic mass is 10.4. The standard InChI is InChI=1S/C9H12N4OS/c1-5-2-7(10)12-9(11-5)13-4-6(15)3-8(13)14/h2,6,15H,3-4H2,1H3,(H2,10,11,12). The van der Waals surface area contributed by atoms with Crippen LogP contribution in [0.3, 0.4) is 0 Å². The van der Waals surface area contributed by atoms with Crippen LogP contribution in [0.15, 0.2) is 6.07 Å². The molecule has 1 atom stereocenters. The lowest BCUT2D eigenvalue weighted by Gasteiger charge is -2.14. The van der Waals surface area contributed by atoms with Crippen LogP contribution < -0.4 is 10.6 Å². The summed E-state index contributed by atoms with van der Waals surface area (Å²) in [5, 5.41) is 0.0582. The van der Waals surface area contributed by atoms with E-state index in [2.05, 4.69) is 22.6 Å². The first-order chi connectivity index (χ1) is 7.06. The average Bonchev–Trinajstić information content (AvgIpc) is 2.43. The Morgan fingerprint density at radius 3 is 2.87 bits per heavy atom. The lowest BCUT2D eigenvalue weighted by Crippen LogP contribution is -2.27. The van der Waals surface area contributed by atoms with Crippen molar-refractivity contribution in [2.45, 2.75) is 18.6 Å². The summed E-state index contributed by atoms with van der Waals surface area (Å²) in [5.74, 6) is 0.766. The van der Waals surface area contributed by atoms with Crippen LogP contribution in [0.25, 0.3) is 0 Å². The lowest BCUT2D eigenvalue weighted by molar-refractivity contribution is -0.117. The third kappa shape index (κ3) is 2.04. The van der Waals surface area contributed by atoms with Crippen molar-refractivity contribution in [3.8, 4) is 0 Å². The van der Waals surface area contributed by atoms with Crippen LogP contribution in [-0.2, 0) is 4.79 Å². The van der Waals surface area contributed by atoms with E-state index in [1.54, 1.807) is 6.07 Å². The molecule has 5 nitrogen and oxygen atoms in total. The maximum absolute atomic E-state index is 11.6. The van der Waals surface area contributed by atoms with Gasteiger partial charge >= 0.3 is 0 Å². The van der Waals surface area contributed by atoms with Crippen LogP contribution in [0.5, 0.6) is 0 Å². The quantitative estimate of drug-likeness (QED) is 0.677.